The maximum atomic E-state index is 6.33. The molecule has 0 aliphatic carbocycles. The molecule has 1 nitrogen and oxygen atoms in total. The van der Waals surface area contributed by atoms with Crippen LogP contribution >= 0.6 is 43.6 Å². The summed E-state index contributed by atoms with van der Waals surface area (Å²) >= 11 is 8.83. The van der Waals surface area contributed by atoms with E-state index in [1.165, 1.54) is 10.5 Å². The van der Waals surface area contributed by atoms with Gasteiger partial charge in [0.2, 0.25) is 0 Å². The molecule has 2 N–H and O–H groups in total. The van der Waals surface area contributed by atoms with Gasteiger partial charge in [-0.2, -0.15) is 0 Å². The van der Waals surface area contributed by atoms with Crippen molar-refractivity contribution in [1.82, 2.24) is 0 Å². The van der Waals surface area contributed by atoms with E-state index in [0.29, 0.717) is 0 Å². The molecule has 2 aromatic carbocycles. The van der Waals surface area contributed by atoms with Crippen LogP contribution in [0.25, 0.3) is 0 Å². The molecule has 0 aromatic heterocycles. The van der Waals surface area contributed by atoms with Crippen molar-refractivity contribution in [2.24, 2.45) is 5.73 Å². The van der Waals surface area contributed by atoms with Crippen LogP contribution in [0.4, 0.5) is 0 Å². The highest BCUT2D eigenvalue weighted by Gasteiger charge is 2.20. The third-order valence-corrected chi connectivity index (χ3v) is 5.54. The lowest BCUT2D eigenvalue weighted by atomic mass is 10.0. The Morgan fingerprint density at radius 2 is 1.75 bits per heavy atom. The van der Waals surface area contributed by atoms with Crippen molar-refractivity contribution in [2.45, 2.75) is 29.5 Å². The first-order valence-electron chi connectivity index (χ1n) is 6.53. The van der Waals surface area contributed by atoms with Gasteiger partial charge in [0.05, 0.1) is 0 Å². The summed E-state index contributed by atoms with van der Waals surface area (Å²) < 4.78 is 2.19. The summed E-state index contributed by atoms with van der Waals surface area (Å²) in [6.45, 7) is 2.14. The van der Waals surface area contributed by atoms with Gasteiger partial charge >= 0.3 is 0 Å². The molecule has 4 heteroatoms. The highest BCUT2D eigenvalue weighted by atomic mass is 79.9. The monoisotopic (exact) mass is 413 g/mol. The number of rotatable bonds is 5. The number of thioether (sulfide) groups is 1. The molecule has 2 rings (SSSR count). The standard InChI is InChI=1S/C16H17Br2NS/c1-2-15(19)16(11-6-8-12(17)9-7-11)20-14-5-3-4-13(18)10-14/h3-10,15-16H,2,19H2,1H3. The topological polar surface area (TPSA) is 26.0 Å². The fourth-order valence-corrected chi connectivity index (χ4v) is 4.08. The predicted molar refractivity (Wildman–Crippen MR) is 95.1 cm³/mol. The van der Waals surface area contributed by atoms with E-state index in [1.807, 2.05) is 17.8 Å². The highest BCUT2D eigenvalue weighted by Crippen LogP contribution is 2.39. The van der Waals surface area contributed by atoms with Crippen LogP contribution in [0.15, 0.2) is 62.4 Å². The van der Waals surface area contributed by atoms with E-state index in [2.05, 4.69) is 81.2 Å². The minimum atomic E-state index is 0.139. The van der Waals surface area contributed by atoms with Gasteiger partial charge in [-0.05, 0) is 42.3 Å². The zero-order chi connectivity index (χ0) is 14.5. The average molecular weight is 415 g/mol. The summed E-state index contributed by atoms with van der Waals surface area (Å²) in [4.78, 5) is 1.23. The maximum absolute atomic E-state index is 6.33. The van der Waals surface area contributed by atoms with Gasteiger partial charge in [-0.15, -0.1) is 11.8 Å². The molecule has 2 unspecified atom stereocenters. The molecule has 0 aliphatic heterocycles. The van der Waals surface area contributed by atoms with Crippen molar-refractivity contribution in [1.29, 1.82) is 0 Å². The van der Waals surface area contributed by atoms with Gasteiger partial charge in [0, 0.05) is 25.1 Å². The lowest BCUT2D eigenvalue weighted by molar-refractivity contribution is 0.634. The Morgan fingerprint density at radius 1 is 1.05 bits per heavy atom. The lowest BCUT2D eigenvalue weighted by Crippen LogP contribution is -2.25. The second kappa shape index (κ2) is 7.64. The summed E-state index contributed by atoms with van der Waals surface area (Å²) in [5.74, 6) is 0. The van der Waals surface area contributed by atoms with Gasteiger partial charge in [0.1, 0.15) is 0 Å². The molecule has 0 saturated heterocycles. The minimum Gasteiger partial charge on any atom is -0.326 e. The van der Waals surface area contributed by atoms with Crippen LogP contribution in [0, 0.1) is 0 Å². The van der Waals surface area contributed by atoms with E-state index in [1.54, 1.807) is 0 Å². The normalized spacial score (nSPS) is 14.0. The number of benzene rings is 2. The molecule has 106 valence electrons. The number of halogens is 2. The van der Waals surface area contributed by atoms with Crippen LogP contribution in [0.2, 0.25) is 0 Å². The first kappa shape index (κ1) is 16.1. The van der Waals surface area contributed by atoms with Gasteiger partial charge < -0.3 is 5.73 Å². The van der Waals surface area contributed by atoms with Crippen LogP contribution in [0.1, 0.15) is 24.2 Å². The Bertz CT molecular complexity index is 557. The van der Waals surface area contributed by atoms with Crippen molar-refractivity contribution in [3.8, 4) is 0 Å². The summed E-state index contributed by atoms with van der Waals surface area (Å²) in [5, 5.41) is 0.266. The molecule has 2 atom stereocenters. The summed E-state index contributed by atoms with van der Waals surface area (Å²) in [7, 11) is 0. The first-order chi connectivity index (χ1) is 9.60. The SMILES string of the molecule is CCC(N)C(Sc1cccc(Br)c1)c1ccc(Br)cc1. The summed E-state index contributed by atoms with van der Waals surface area (Å²) in [5.41, 5.74) is 7.60. The Balaban J connectivity index is 2.26. The molecular weight excluding hydrogens is 398 g/mol. The molecule has 0 spiro atoms. The fourth-order valence-electron chi connectivity index (χ4n) is 1.96. The van der Waals surface area contributed by atoms with Crippen LogP contribution in [0.3, 0.4) is 0 Å². The Morgan fingerprint density at radius 3 is 2.35 bits per heavy atom. The first-order valence-corrected chi connectivity index (χ1v) is 9.00. The van der Waals surface area contributed by atoms with Gasteiger partial charge in [0.15, 0.2) is 0 Å². The molecule has 0 fully saturated rings. The Kier molecular flexibility index (Phi) is 6.15. The number of nitrogens with two attached hydrogens (primary N) is 1. The summed E-state index contributed by atoms with van der Waals surface area (Å²) in [6.07, 6.45) is 0.960. The van der Waals surface area contributed by atoms with E-state index in [0.717, 1.165) is 15.4 Å². The minimum absolute atomic E-state index is 0.139. The number of hydrogen-bond donors (Lipinski definition) is 1. The van der Waals surface area contributed by atoms with Gasteiger partial charge in [0.25, 0.3) is 0 Å². The van der Waals surface area contributed by atoms with Crippen molar-refractivity contribution >= 4 is 43.6 Å². The van der Waals surface area contributed by atoms with E-state index >= 15 is 0 Å². The third-order valence-electron chi connectivity index (χ3n) is 3.12. The molecule has 0 heterocycles. The quantitative estimate of drug-likeness (QED) is 0.627. The molecular formula is C16H17Br2NS. The van der Waals surface area contributed by atoms with E-state index < -0.39 is 0 Å². The van der Waals surface area contributed by atoms with Crippen LogP contribution < -0.4 is 5.73 Å². The molecule has 0 bridgehead atoms. The second-order valence-electron chi connectivity index (χ2n) is 4.62. The average Bonchev–Trinajstić information content (AvgIpc) is 2.45. The molecule has 2 aromatic rings. The number of hydrogen-bond acceptors (Lipinski definition) is 2. The third kappa shape index (κ3) is 4.35. The zero-order valence-corrected chi connectivity index (χ0v) is 15.2. The second-order valence-corrected chi connectivity index (χ2v) is 7.67. The van der Waals surface area contributed by atoms with Gasteiger partial charge in [-0.25, -0.2) is 0 Å². The van der Waals surface area contributed by atoms with Crippen LogP contribution in [0.5, 0.6) is 0 Å². The lowest BCUT2D eigenvalue weighted by Gasteiger charge is -2.23. The molecule has 20 heavy (non-hydrogen) atoms. The van der Waals surface area contributed by atoms with E-state index in [4.69, 9.17) is 5.73 Å². The molecule has 0 amide bonds. The van der Waals surface area contributed by atoms with E-state index in [9.17, 15) is 0 Å². The maximum Gasteiger partial charge on any atom is 0.0495 e. The fraction of sp³-hybridized carbons (Fsp3) is 0.250. The predicted octanol–water partition coefficient (Wildman–Crippen LogP) is 5.78. The van der Waals surface area contributed by atoms with Crippen molar-refractivity contribution in [3.05, 3.63) is 63.0 Å². The van der Waals surface area contributed by atoms with Crippen molar-refractivity contribution in [2.75, 3.05) is 0 Å². The van der Waals surface area contributed by atoms with Crippen molar-refractivity contribution < 1.29 is 0 Å². The Hall–Kier alpha value is -0.290. The van der Waals surface area contributed by atoms with E-state index in [-0.39, 0.29) is 11.3 Å². The smallest absolute Gasteiger partial charge is 0.0495 e. The molecule has 0 aliphatic rings. The largest absolute Gasteiger partial charge is 0.326 e. The van der Waals surface area contributed by atoms with Crippen LogP contribution in [-0.4, -0.2) is 6.04 Å². The molecule has 0 radical (unpaired) electrons. The van der Waals surface area contributed by atoms with Gasteiger partial charge in [-0.3, -0.25) is 0 Å². The molecule has 0 saturated carbocycles. The van der Waals surface area contributed by atoms with Gasteiger partial charge in [-0.1, -0.05) is 57.0 Å². The van der Waals surface area contributed by atoms with Crippen molar-refractivity contribution in [3.63, 3.8) is 0 Å². The Labute approximate surface area is 141 Å². The zero-order valence-electron chi connectivity index (χ0n) is 11.2. The van der Waals surface area contributed by atoms with Crippen LogP contribution in [-0.2, 0) is 0 Å². The summed E-state index contributed by atoms with van der Waals surface area (Å²) in [6, 6.07) is 17.0. The highest BCUT2D eigenvalue weighted by molar-refractivity contribution is 9.10.